The molecule has 2 aromatic rings. The van der Waals surface area contributed by atoms with E-state index >= 15 is 0 Å². The molecule has 1 amide bonds. The highest BCUT2D eigenvalue weighted by atomic mass is 16.2. The Balaban J connectivity index is 1.57. The van der Waals surface area contributed by atoms with Crippen LogP contribution in [0, 0.1) is 13.8 Å². The van der Waals surface area contributed by atoms with Crippen LogP contribution in [0.4, 0.5) is 0 Å². The third kappa shape index (κ3) is 3.79. The van der Waals surface area contributed by atoms with E-state index in [1.807, 2.05) is 30.8 Å². The molecule has 27 heavy (non-hydrogen) atoms. The SMILES string of the molecule is Cc1nn(C)c(C)c1CN(C(=O)c1cccc([C@@H]2CCCNC2)c1)C1CC1. The molecule has 1 aromatic heterocycles. The van der Waals surface area contributed by atoms with Crippen molar-refractivity contribution in [3.63, 3.8) is 0 Å². The summed E-state index contributed by atoms with van der Waals surface area (Å²) in [5.74, 6) is 0.675. The topological polar surface area (TPSA) is 50.2 Å². The van der Waals surface area contributed by atoms with Crippen LogP contribution in [0.2, 0.25) is 0 Å². The standard InChI is InChI=1S/C22H30N4O/c1-15-21(16(2)25(3)24-15)14-26(20-9-10-20)22(27)18-7-4-6-17(12-18)19-8-5-11-23-13-19/h4,6-7,12,19-20,23H,5,8-11,13-14H2,1-3H3/t19-/m1/s1. The number of carbonyl (C=O) groups excluding carboxylic acids is 1. The Morgan fingerprint density at radius 2 is 2.11 bits per heavy atom. The zero-order chi connectivity index (χ0) is 19.0. The molecule has 0 bridgehead atoms. The number of rotatable bonds is 5. The van der Waals surface area contributed by atoms with E-state index in [1.165, 1.54) is 24.0 Å². The molecule has 1 aliphatic heterocycles. The summed E-state index contributed by atoms with van der Waals surface area (Å²) in [7, 11) is 1.97. The second-order valence-electron chi connectivity index (χ2n) is 8.11. The fourth-order valence-corrected chi connectivity index (χ4v) is 4.20. The maximum absolute atomic E-state index is 13.4. The molecule has 144 valence electrons. The Kier molecular flexibility index (Phi) is 5.04. The van der Waals surface area contributed by atoms with Crippen molar-refractivity contribution in [2.24, 2.45) is 7.05 Å². The summed E-state index contributed by atoms with van der Waals surface area (Å²) in [5.41, 5.74) is 5.47. The van der Waals surface area contributed by atoms with Crippen LogP contribution in [-0.4, -0.2) is 39.7 Å². The first-order valence-corrected chi connectivity index (χ1v) is 10.2. The van der Waals surface area contributed by atoms with Crippen LogP contribution >= 0.6 is 0 Å². The number of nitrogens with zero attached hydrogens (tertiary/aromatic N) is 3. The van der Waals surface area contributed by atoms with Crippen molar-refractivity contribution in [3.8, 4) is 0 Å². The number of hydrogen-bond acceptors (Lipinski definition) is 3. The molecule has 4 rings (SSSR count). The first-order valence-electron chi connectivity index (χ1n) is 10.2. The third-order valence-electron chi connectivity index (χ3n) is 6.14. The van der Waals surface area contributed by atoms with E-state index in [-0.39, 0.29) is 5.91 Å². The number of piperidine rings is 1. The minimum Gasteiger partial charge on any atom is -0.331 e. The van der Waals surface area contributed by atoms with Gasteiger partial charge in [0.2, 0.25) is 0 Å². The number of aryl methyl sites for hydroxylation is 2. The number of aromatic nitrogens is 2. The van der Waals surface area contributed by atoms with Gasteiger partial charge in [-0.1, -0.05) is 12.1 Å². The lowest BCUT2D eigenvalue weighted by Crippen LogP contribution is -2.33. The lowest BCUT2D eigenvalue weighted by atomic mass is 9.90. The molecule has 1 atom stereocenters. The van der Waals surface area contributed by atoms with Gasteiger partial charge in [-0.3, -0.25) is 9.48 Å². The van der Waals surface area contributed by atoms with Crippen LogP contribution in [0.1, 0.15) is 64.5 Å². The quantitative estimate of drug-likeness (QED) is 0.883. The van der Waals surface area contributed by atoms with Crippen LogP contribution in [0.3, 0.4) is 0 Å². The number of benzene rings is 1. The van der Waals surface area contributed by atoms with Gasteiger partial charge >= 0.3 is 0 Å². The van der Waals surface area contributed by atoms with Gasteiger partial charge in [-0.25, -0.2) is 0 Å². The van der Waals surface area contributed by atoms with Crippen molar-refractivity contribution in [2.45, 2.75) is 58.0 Å². The molecular weight excluding hydrogens is 336 g/mol. The number of hydrogen-bond donors (Lipinski definition) is 1. The van der Waals surface area contributed by atoms with Gasteiger partial charge in [0.15, 0.2) is 0 Å². The zero-order valence-corrected chi connectivity index (χ0v) is 16.7. The highest BCUT2D eigenvalue weighted by molar-refractivity contribution is 5.94. The van der Waals surface area contributed by atoms with E-state index in [1.54, 1.807) is 0 Å². The smallest absolute Gasteiger partial charge is 0.254 e. The summed E-state index contributed by atoms with van der Waals surface area (Å²) in [6.45, 7) is 6.90. The molecule has 1 saturated carbocycles. The summed E-state index contributed by atoms with van der Waals surface area (Å²) in [5, 5.41) is 8.00. The average Bonchev–Trinajstić information content (AvgIpc) is 3.50. The van der Waals surface area contributed by atoms with Gasteiger partial charge in [0.05, 0.1) is 5.69 Å². The molecular formula is C22H30N4O. The number of amides is 1. The fourth-order valence-electron chi connectivity index (χ4n) is 4.20. The molecule has 5 nitrogen and oxygen atoms in total. The van der Waals surface area contributed by atoms with Crippen molar-refractivity contribution in [2.75, 3.05) is 13.1 Å². The first kappa shape index (κ1) is 18.2. The van der Waals surface area contributed by atoms with Gasteiger partial charge in [0.25, 0.3) is 5.91 Å². The summed E-state index contributed by atoms with van der Waals surface area (Å²) in [4.78, 5) is 15.4. The van der Waals surface area contributed by atoms with Crippen molar-refractivity contribution >= 4 is 5.91 Å². The predicted octanol–water partition coefficient (Wildman–Crippen LogP) is 3.31. The summed E-state index contributed by atoms with van der Waals surface area (Å²) in [6, 6.07) is 8.68. The van der Waals surface area contributed by atoms with E-state index in [4.69, 9.17) is 0 Å². The molecule has 0 radical (unpaired) electrons. The van der Waals surface area contributed by atoms with Gasteiger partial charge in [0.1, 0.15) is 0 Å². The predicted molar refractivity (Wildman–Crippen MR) is 107 cm³/mol. The minimum atomic E-state index is 0.158. The monoisotopic (exact) mass is 366 g/mol. The summed E-state index contributed by atoms with van der Waals surface area (Å²) >= 11 is 0. The van der Waals surface area contributed by atoms with Crippen LogP contribution in [0.25, 0.3) is 0 Å². The van der Waals surface area contributed by atoms with Gasteiger partial charge in [-0.05, 0) is 69.7 Å². The maximum atomic E-state index is 13.4. The fraction of sp³-hybridized carbons (Fsp3) is 0.545. The normalized spacial score (nSPS) is 19.9. The Labute approximate surface area is 161 Å². The van der Waals surface area contributed by atoms with Gasteiger partial charge in [-0.15, -0.1) is 0 Å². The van der Waals surface area contributed by atoms with E-state index < -0.39 is 0 Å². The lowest BCUT2D eigenvalue weighted by molar-refractivity contribution is 0.0729. The largest absolute Gasteiger partial charge is 0.331 e. The molecule has 0 unspecified atom stereocenters. The first-order chi connectivity index (χ1) is 13.0. The molecule has 2 aliphatic rings. The summed E-state index contributed by atoms with van der Waals surface area (Å²) in [6.07, 6.45) is 4.62. The van der Waals surface area contributed by atoms with Gasteiger partial charge < -0.3 is 10.2 Å². The Bertz CT molecular complexity index is 831. The Morgan fingerprint density at radius 3 is 2.74 bits per heavy atom. The molecule has 5 heteroatoms. The van der Waals surface area contributed by atoms with Crippen LogP contribution in [0.5, 0.6) is 0 Å². The molecule has 0 spiro atoms. The highest BCUT2D eigenvalue weighted by Gasteiger charge is 2.34. The van der Waals surface area contributed by atoms with Gasteiger partial charge in [-0.2, -0.15) is 5.10 Å². The van der Waals surface area contributed by atoms with Crippen molar-refractivity contribution in [1.29, 1.82) is 0 Å². The Hall–Kier alpha value is -2.14. The van der Waals surface area contributed by atoms with E-state index in [2.05, 4.69) is 34.4 Å². The highest BCUT2D eigenvalue weighted by Crippen LogP contribution is 2.32. The second kappa shape index (κ2) is 7.47. The van der Waals surface area contributed by atoms with Crippen molar-refractivity contribution in [1.82, 2.24) is 20.0 Å². The molecule has 1 aromatic carbocycles. The van der Waals surface area contributed by atoms with Crippen molar-refractivity contribution < 1.29 is 4.79 Å². The average molecular weight is 367 g/mol. The molecule has 1 saturated heterocycles. The molecule has 2 fully saturated rings. The molecule has 1 aliphatic carbocycles. The number of carbonyl (C=O) groups is 1. The zero-order valence-electron chi connectivity index (χ0n) is 16.7. The van der Waals surface area contributed by atoms with E-state index in [0.717, 1.165) is 42.9 Å². The second-order valence-corrected chi connectivity index (χ2v) is 8.11. The molecule has 2 heterocycles. The van der Waals surface area contributed by atoms with Gasteiger partial charge in [0, 0.05) is 43.0 Å². The van der Waals surface area contributed by atoms with Crippen LogP contribution in [-0.2, 0) is 13.6 Å². The van der Waals surface area contributed by atoms with E-state index in [0.29, 0.717) is 18.5 Å². The molecule has 1 N–H and O–H groups in total. The minimum absolute atomic E-state index is 0.158. The maximum Gasteiger partial charge on any atom is 0.254 e. The van der Waals surface area contributed by atoms with Crippen molar-refractivity contribution in [3.05, 3.63) is 52.3 Å². The third-order valence-corrected chi connectivity index (χ3v) is 6.14. The Morgan fingerprint density at radius 1 is 1.30 bits per heavy atom. The van der Waals surface area contributed by atoms with Crippen LogP contribution < -0.4 is 5.32 Å². The summed E-state index contributed by atoms with van der Waals surface area (Å²) < 4.78 is 1.91. The van der Waals surface area contributed by atoms with E-state index in [9.17, 15) is 4.79 Å². The number of nitrogens with one attached hydrogen (secondary N) is 1. The lowest BCUT2D eigenvalue weighted by Gasteiger charge is -2.25. The van der Waals surface area contributed by atoms with Crippen LogP contribution in [0.15, 0.2) is 24.3 Å².